The van der Waals surface area contributed by atoms with Crippen LogP contribution in [-0.2, 0) is 6.54 Å². The number of hydrogen-bond acceptors (Lipinski definition) is 1. The highest BCUT2D eigenvalue weighted by atomic mass is 15.4. The fraction of sp³-hybridized carbons (Fsp3) is 0.467. The quantitative estimate of drug-likeness (QED) is 0.588. The summed E-state index contributed by atoms with van der Waals surface area (Å²) < 4.78 is 0.946. The highest BCUT2D eigenvalue weighted by molar-refractivity contribution is 5.47. The van der Waals surface area contributed by atoms with Gasteiger partial charge in [-0.1, -0.05) is 43.8 Å². The van der Waals surface area contributed by atoms with Crippen molar-refractivity contribution in [2.24, 2.45) is 0 Å². The van der Waals surface area contributed by atoms with Gasteiger partial charge >= 0.3 is 0 Å². The Morgan fingerprint density at radius 3 is 2.24 bits per heavy atom. The summed E-state index contributed by atoms with van der Waals surface area (Å²) in [7, 11) is 6.67. The van der Waals surface area contributed by atoms with Crippen LogP contribution in [-0.4, -0.2) is 31.8 Å². The first-order valence-electron chi connectivity index (χ1n) is 6.23. The van der Waals surface area contributed by atoms with Gasteiger partial charge in [0.2, 0.25) is 0 Å². The fourth-order valence-electron chi connectivity index (χ4n) is 1.97. The Balaban J connectivity index is 2.57. The summed E-state index contributed by atoms with van der Waals surface area (Å²) in [4.78, 5) is 0. The van der Waals surface area contributed by atoms with Gasteiger partial charge in [-0.3, -0.25) is 5.32 Å². The molecule has 0 aliphatic heterocycles. The molecule has 0 fully saturated rings. The number of quaternary nitrogens is 1. The van der Waals surface area contributed by atoms with Crippen LogP contribution in [0.5, 0.6) is 0 Å². The van der Waals surface area contributed by atoms with E-state index in [4.69, 9.17) is 0 Å². The minimum Gasteiger partial charge on any atom is -0.316 e. The lowest BCUT2D eigenvalue weighted by atomic mass is 10.1. The molecule has 0 radical (unpaired) electrons. The van der Waals surface area contributed by atoms with Crippen LogP contribution in [0, 0.1) is 0 Å². The van der Waals surface area contributed by atoms with Gasteiger partial charge in [0, 0.05) is 13.0 Å². The van der Waals surface area contributed by atoms with Crippen molar-refractivity contribution in [2.75, 3.05) is 21.1 Å². The van der Waals surface area contributed by atoms with Crippen LogP contribution < -0.4 is 5.32 Å². The third-order valence-electron chi connectivity index (χ3n) is 3.08. The van der Waals surface area contributed by atoms with Gasteiger partial charge in [-0.15, -0.1) is 0 Å². The zero-order valence-corrected chi connectivity index (χ0v) is 11.5. The summed E-state index contributed by atoms with van der Waals surface area (Å²) in [6.07, 6.45) is 3.50. The maximum atomic E-state index is 3.76. The summed E-state index contributed by atoms with van der Waals surface area (Å²) in [5.41, 5.74) is 2.50. The Morgan fingerprint density at radius 1 is 1.24 bits per heavy atom. The Labute approximate surface area is 106 Å². The minimum absolute atomic E-state index is 0.495. The number of benzene rings is 1. The number of nitrogens with one attached hydrogen (secondary N) is 1. The lowest BCUT2D eigenvalue weighted by Gasteiger charge is -2.34. The monoisotopic (exact) mass is 233 g/mol. The van der Waals surface area contributed by atoms with Crippen LogP contribution in [0.3, 0.4) is 0 Å². The second-order valence-electron chi connectivity index (χ2n) is 5.37. The van der Waals surface area contributed by atoms with Crippen LogP contribution in [0.15, 0.2) is 30.8 Å². The van der Waals surface area contributed by atoms with Crippen molar-refractivity contribution in [3.05, 3.63) is 42.0 Å². The van der Waals surface area contributed by atoms with Gasteiger partial charge in [-0.05, 0) is 11.1 Å². The molecule has 0 heterocycles. The zero-order chi connectivity index (χ0) is 12.9. The van der Waals surface area contributed by atoms with E-state index in [0.717, 1.165) is 17.4 Å². The predicted molar refractivity (Wildman–Crippen MR) is 75.5 cm³/mol. The van der Waals surface area contributed by atoms with E-state index in [-0.39, 0.29) is 0 Å². The molecule has 94 valence electrons. The molecular weight excluding hydrogens is 208 g/mol. The molecular formula is C15H25N2+. The Morgan fingerprint density at radius 2 is 1.82 bits per heavy atom. The van der Waals surface area contributed by atoms with Crippen molar-refractivity contribution < 1.29 is 4.48 Å². The Kier molecular flexibility index (Phi) is 4.91. The first kappa shape index (κ1) is 13.9. The van der Waals surface area contributed by atoms with Crippen molar-refractivity contribution in [1.82, 2.24) is 5.32 Å². The van der Waals surface area contributed by atoms with Crippen LogP contribution in [0.2, 0.25) is 0 Å². The topological polar surface area (TPSA) is 12.0 Å². The third kappa shape index (κ3) is 4.33. The van der Waals surface area contributed by atoms with E-state index in [1.807, 2.05) is 6.08 Å². The minimum atomic E-state index is 0.495. The molecule has 0 aliphatic rings. The summed E-state index contributed by atoms with van der Waals surface area (Å²) in [5, 5.41) is 3.61. The maximum absolute atomic E-state index is 3.76. The van der Waals surface area contributed by atoms with Crippen molar-refractivity contribution in [3.8, 4) is 0 Å². The molecule has 0 amide bonds. The van der Waals surface area contributed by atoms with Crippen LogP contribution in [0.4, 0.5) is 0 Å². The summed E-state index contributed by atoms with van der Waals surface area (Å²) in [5.74, 6) is 0. The van der Waals surface area contributed by atoms with Gasteiger partial charge in [-0.2, -0.15) is 0 Å². The van der Waals surface area contributed by atoms with Gasteiger partial charge < -0.3 is 4.48 Å². The summed E-state index contributed by atoms with van der Waals surface area (Å²) in [6.45, 7) is 6.91. The van der Waals surface area contributed by atoms with Crippen molar-refractivity contribution in [2.45, 2.75) is 26.1 Å². The molecule has 2 heteroatoms. The Hall–Kier alpha value is -1.12. The molecule has 1 N–H and O–H groups in total. The van der Waals surface area contributed by atoms with E-state index < -0.39 is 0 Å². The molecule has 1 rings (SSSR count). The van der Waals surface area contributed by atoms with Crippen LogP contribution >= 0.6 is 0 Å². The molecule has 2 nitrogen and oxygen atoms in total. The van der Waals surface area contributed by atoms with E-state index in [2.05, 4.69) is 64.2 Å². The second kappa shape index (κ2) is 5.99. The fourth-order valence-corrected chi connectivity index (χ4v) is 1.97. The molecule has 1 atom stereocenters. The van der Waals surface area contributed by atoms with Gasteiger partial charge in [0.25, 0.3) is 0 Å². The first-order chi connectivity index (χ1) is 7.97. The first-order valence-corrected chi connectivity index (χ1v) is 6.23. The number of nitrogens with zero attached hydrogens (tertiary/aromatic N) is 1. The molecule has 1 unspecified atom stereocenters. The SMILES string of the molecule is C=Cc1ccc(CNC(CC)[N+](C)(C)C)cc1. The van der Waals surface area contributed by atoms with Gasteiger partial charge in [-0.25, -0.2) is 0 Å². The van der Waals surface area contributed by atoms with Crippen molar-refractivity contribution in [1.29, 1.82) is 0 Å². The molecule has 0 aliphatic carbocycles. The van der Waals surface area contributed by atoms with E-state index >= 15 is 0 Å². The van der Waals surface area contributed by atoms with Gasteiger partial charge in [0.15, 0.2) is 0 Å². The van der Waals surface area contributed by atoms with E-state index in [9.17, 15) is 0 Å². The van der Waals surface area contributed by atoms with Crippen molar-refractivity contribution in [3.63, 3.8) is 0 Å². The number of hydrogen-bond donors (Lipinski definition) is 1. The van der Waals surface area contributed by atoms with Crippen LogP contribution in [0.25, 0.3) is 6.08 Å². The molecule has 1 aromatic carbocycles. The summed E-state index contributed by atoms with van der Waals surface area (Å²) >= 11 is 0. The highest BCUT2D eigenvalue weighted by Crippen LogP contribution is 2.08. The smallest absolute Gasteiger partial charge is 0.142 e. The average Bonchev–Trinajstić information content (AvgIpc) is 2.29. The molecule has 0 aromatic heterocycles. The normalized spacial score (nSPS) is 13.4. The molecule has 0 saturated carbocycles. The highest BCUT2D eigenvalue weighted by Gasteiger charge is 2.20. The van der Waals surface area contributed by atoms with Gasteiger partial charge in [0.1, 0.15) is 6.17 Å². The lowest BCUT2D eigenvalue weighted by Crippen LogP contribution is -2.52. The average molecular weight is 233 g/mol. The largest absolute Gasteiger partial charge is 0.316 e. The van der Waals surface area contributed by atoms with E-state index in [1.165, 1.54) is 11.1 Å². The second-order valence-corrected chi connectivity index (χ2v) is 5.37. The maximum Gasteiger partial charge on any atom is 0.142 e. The zero-order valence-electron chi connectivity index (χ0n) is 11.5. The molecule has 1 aromatic rings. The van der Waals surface area contributed by atoms with Crippen LogP contribution in [0.1, 0.15) is 24.5 Å². The van der Waals surface area contributed by atoms with Crippen molar-refractivity contribution >= 4 is 6.08 Å². The third-order valence-corrected chi connectivity index (χ3v) is 3.08. The number of rotatable bonds is 6. The molecule has 0 bridgehead atoms. The summed E-state index contributed by atoms with van der Waals surface area (Å²) in [6, 6.07) is 8.53. The molecule has 0 saturated heterocycles. The Bertz CT molecular complexity index is 346. The lowest BCUT2D eigenvalue weighted by molar-refractivity contribution is -0.899. The van der Waals surface area contributed by atoms with E-state index in [0.29, 0.717) is 6.17 Å². The standard InChI is InChI=1S/C15H25N2/c1-6-13-8-10-14(11-9-13)12-16-15(7-2)17(3,4)5/h6,8-11,15-16H,1,7,12H2,2-5H3/q+1. The van der Waals surface area contributed by atoms with Gasteiger partial charge in [0.05, 0.1) is 21.1 Å². The predicted octanol–water partition coefficient (Wildman–Crippen LogP) is 2.86. The molecule has 0 spiro atoms. The molecule has 17 heavy (non-hydrogen) atoms. The van der Waals surface area contributed by atoms with E-state index in [1.54, 1.807) is 0 Å².